The van der Waals surface area contributed by atoms with Gasteiger partial charge in [0.1, 0.15) is 0 Å². The number of aromatic nitrogens is 2. The zero-order chi connectivity index (χ0) is 15.5. The highest BCUT2D eigenvalue weighted by Gasteiger charge is 2.28. The molecule has 0 radical (unpaired) electrons. The van der Waals surface area contributed by atoms with E-state index in [1.807, 2.05) is 43.5 Å². The van der Waals surface area contributed by atoms with Crippen molar-refractivity contribution in [2.45, 2.75) is 38.3 Å². The Balaban J connectivity index is 1.68. The Labute approximate surface area is 130 Å². The number of nitrogens with two attached hydrogens (primary N) is 1. The third-order valence-corrected chi connectivity index (χ3v) is 4.49. The van der Waals surface area contributed by atoms with E-state index in [-0.39, 0.29) is 23.9 Å². The van der Waals surface area contributed by atoms with Crippen LogP contribution in [-0.2, 0) is 11.2 Å². The third kappa shape index (κ3) is 2.90. The van der Waals surface area contributed by atoms with Gasteiger partial charge in [-0.1, -0.05) is 37.3 Å². The van der Waals surface area contributed by atoms with Crippen molar-refractivity contribution in [3.8, 4) is 0 Å². The first-order chi connectivity index (χ1) is 10.7. The molecule has 5 heteroatoms. The Morgan fingerprint density at radius 1 is 1.41 bits per heavy atom. The molecule has 0 spiro atoms. The van der Waals surface area contributed by atoms with Crippen LogP contribution in [0.4, 0.5) is 0 Å². The largest absolute Gasteiger partial charge is 0.347 e. The molecule has 0 bridgehead atoms. The molecule has 1 aromatic carbocycles. The first-order valence-electron chi connectivity index (χ1n) is 7.80. The highest BCUT2D eigenvalue weighted by atomic mass is 16.2. The van der Waals surface area contributed by atoms with Gasteiger partial charge in [-0.15, -0.1) is 0 Å². The van der Waals surface area contributed by atoms with E-state index in [2.05, 4.69) is 15.5 Å². The molecule has 5 nitrogen and oxygen atoms in total. The molecule has 116 valence electrons. The molecule has 3 unspecified atom stereocenters. The molecule has 3 rings (SSSR count). The maximum Gasteiger partial charge on any atom is 0.225 e. The SMILES string of the molecule is CC(C(=O)NC1CCCc2cn[nH]c21)C(N)c1ccccc1. The summed E-state index contributed by atoms with van der Waals surface area (Å²) in [5.74, 6) is -0.292. The van der Waals surface area contributed by atoms with Crippen molar-refractivity contribution in [2.24, 2.45) is 11.7 Å². The minimum Gasteiger partial charge on any atom is -0.347 e. The highest BCUT2D eigenvalue weighted by molar-refractivity contribution is 5.79. The molecule has 1 aromatic heterocycles. The predicted octanol–water partition coefficient (Wildman–Crippen LogP) is 2.24. The van der Waals surface area contributed by atoms with Crippen LogP contribution in [0.15, 0.2) is 36.5 Å². The van der Waals surface area contributed by atoms with Crippen LogP contribution in [0, 0.1) is 5.92 Å². The summed E-state index contributed by atoms with van der Waals surface area (Å²) in [6, 6.07) is 9.47. The van der Waals surface area contributed by atoms with Crippen molar-refractivity contribution in [2.75, 3.05) is 0 Å². The first kappa shape index (κ1) is 14.8. The van der Waals surface area contributed by atoms with Crippen molar-refractivity contribution >= 4 is 5.91 Å². The summed E-state index contributed by atoms with van der Waals surface area (Å²) in [5, 5.41) is 10.2. The van der Waals surface area contributed by atoms with Crippen LogP contribution in [0.3, 0.4) is 0 Å². The number of carbonyl (C=O) groups is 1. The van der Waals surface area contributed by atoms with E-state index in [4.69, 9.17) is 5.73 Å². The van der Waals surface area contributed by atoms with Crippen LogP contribution < -0.4 is 11.1 Å². The Morgan fingerprint density at radius 3 is 2.95 bits per heavy atom. The Kier molecular flexibility index (Phi) is 4.24. The summed E-state index contributed by atoms with van der Waals surface area (Å²) in [6.45, 7) is 1.88. The molecule has 0 saturated carbocycles. The van der Waals surface area contributed by atoms with Gasteiger partial charge in [-0.05, 0) is 30.4 Å². The maximum absolute atomic E-state index is 12.5. The summed E-state index contributed by atoms with van der Waals surface area (Å²) in [4.78, 5) is 12.5. The molecular formula is C17H22N4O. The van der Waals surface area contributed by atoms with E-state index in [1.54, 1.807) is 0 Å². The van der Waals surface area contributed by atoms with E-state index >= 15 is 0 Å². The number of benzene rings is 1. The molecule has 0 aliphatic heterocycles. The standard InChI is InChI=1S/C17H22N4O/c1-11(15(18)12-6-3-2-4-7-12)17(22)20-14-9-5-8-13-10-19-21-16(13)14/h2-4,6-7,10-11,14-15H,5,8-9,18H2,1H3,(H,19,21)(H,20,22). The van der Waals surface area contributed by atoms with Crippen LogP contribution >= 0.6 is 0 Å². The Hall–Kier alpha value is -2.14. The predicted molar refractivity (Wildman–Crippen MR) is 84.9 cm³/mol. The van der Waals surface area contributed by atoms with Gasteiger partial charge in [0.15, 0.2) is 0 Å². The van der Waals surface area contributed by atoms with Crippen LogP contribution in [0.5, 0.6) is 0 Å². The molecule has 1 aliphatic carbocycles. The highest BCUT2D eigenvalue weighted by Crippen LogP contribution is 2.28. The van der Waals surface area contributed by atoms with E-state index in [0.717, 1.165) is 30.5 Å². The van der Waals surface area contributed by atoms with Gasteiger partial charge in [0.2, 0.25) is 5.91 Å². The number of carbonyl (C=O) groups excluding carboxylic acids is 1. The molecule has 4 N–H and O–H groups in total. The number of rotatable bonds is 4. The van der Waals surface area contributed by atoms with Crippen LogP contribution in [0.1, 0.15) is 48.7 Å². The molecule has 0 saturated heterocycles. The van der Waals surface area contributed by atoms with Crippen molar-refractivity contribution in [1.29, 1.82) is 0 Å². The summed E-state index contributed by atoms with van der Waals surface area (Å²) < 4.78 is 0. The van der Waals surface area contributed by atoms with Crippen LogP contribution in [-0.4, -0.2) is 16.1 Å². The van der Waals surface area contributed by atoms with Gasteiger partial charge < -0.3 is 11.1 Å². The molecule has 1 aliphatic rings. The van der Waals surface area contributed by atoms with Crippen molar-refractivity contribution in [3.05, 3.63) is 53.3 Å². The molecular weight excluding hydrogens is 276 g/mol. The lowest BCUT2D eigenvalue weighted by Crippen LogP contribution is -2.38. The monoisotopic (exact) mass is 298 g/mol. The zero-order valence-corrected chi connectivity index (χ0v) is 12.8. The summed E-state index contributed by atoms with van der Waals surface area (Å²) in [7, 11) is 0. The molecule has 1 amide bonds. The maximum atomic E-state index is 12.5. The van der Waals surface area contributed by atoms with Crippen LogP contribution in [0.25, 0.3) is 0 Å². The summed E-state index contributed by atoms with van der Waals surface area (Å²) >= 11 is 0. The van der Waals surface area contributed by atoms with Gasteiger partial charge >= 0.3 is 0 Å². The second-order valence-corrected chi connectivity index (χ2v) is 5.99. The second kappa shape index (κ2) is 6.32. The van der Waals surface area contributed by atoms with Gasteiger partial charge in [-0.3, -0.25) is 9.89 Å². The minimum atomic E-state index is -0.300. The molecule has 2 aromatic rings. The number of nitrogens with one attached hydrogen (secondary N) is 2. The van der Waals surface area contributed by atoms with Crippen molar-refractivity contribution in [3.63, 3.8) is 0 Å². The fourth-order valence-corrected chi connectivity index (χ4v) is 3.04. The number of amides is 1. The number of aryl methyl sites for hydroxylation is 1. The first-order valence-corrected chi connectivity index (χ1v) is 7.80. The fourth-order valence-electron chi connectivity index (χ4n) is 3.04. The molecule has 0 fully saturated rings. The molecule has 22 heavy (non-hydrogen) atoms. The summed E-state index contributed by atoms with van der Waals surface area (Å²) in [6.07, 6.45) is 4.88. The number of aromatic amines is 1. The number of hydrogen-bond donors (Lipinski definition) is 3. The van der Waals surface area contributed by atoms with Gasteiger partial charge in [0.05, 0.1) is 23.9 Å². The van der Waals surface area contributed by atoms with E-state index < -0.39 is 0 Å². The number of nitrogens with zero attached hydrogens (tertiary/aromatic N) is 1. The molecule has 3 atom stereocenters. The smallest absolute Gasteiger partial charge is 0.225 e. The fraction of sp³-hybridized carbons (Fsp3) is 0.412. The lowest BCUT2D eigenvalue weighted by Gasteiger charge is -2.26. The average Bonchev–Trinajstić information content (AvgIpc) is 3.04. The van der Waals surface area contributed by atoms with Gasteiger partial charge in [-0.25, -0.2) is 0 Å². The van der Waals surface area contributed by atoms with Gasteiger partial charge in [0, 0.05) is 6.04 Å². The average molecular weight is 298 g/mol. The molecule has 1 heterocycles. The zero-order valence-electron chi connectivity index (χ0n) is 12.8. The topological polar surface area (TPSA) is 83.8 Å². The number of fused-ring (bicyclic) bond motifs is 1. The van der Waals surface area contributed by atoms with E-state index in [9.17, 15) is 4.79 Å². The second-order valence-electron chi connectivity index (χ2n) is 5.99. The lowest BCUT2D eigenvalue weighted by atomic mass is 9.91. The van der Waals surface area contributed by atoms with E-state index in [0.29, 0.717) is 0 Å². The van der Waals surface area contributed by atoms with Crippen molar-refractivity contribution < 1.29 is 4.79 Å². The van der Waals surface area contributed by atoms with Gasteiger partial charge in [-0.2, -0.15) is 5.10 Å². The van der Waals surface area contributed by atoms with Gasteiger partial charge in [0.25, 0.3) is 0 Å². The lowest BCUT2D eigenvalue weighted by molar-refractivity contribution is -0.126. The number of H-pyrrole nitrogens is 1. The Bertz CT molecular complexity index is 637. The minimum absolute atomic E-state index is 0.0104. The van der Waals surface area contributed by atoms with Crippen molar-refractivity contribution in [1.82, 2.24) is 15.5 Å². The van der Waals surface area contributed by atoms with Crippen LogP contribution in [0.2, 0.25) is 0 Å². The normalized spacial score (nSPS) is 20.0. The quantitative estimate of drug-likeness (QED) is 0.809. The third-order valence-electron chi connectivity index (χ3n) is 4.49. The summed E-state index contributed by atoms with van der Waals surface area (Å²) in [5.41, 5.74) is 9.47. The van der Waals surface area contributed by atoms with E-state index in [1.165, 1.54) is 5.56 Å². The Morgan fingerprint density at radius 2 is 2.18 bits per heavy atom. The number of hydrogen-bond acceptors (Lipinski definition) is 3.